The van der Waals surface area contributed by atoms with Gasteiger partial charge in [-0.2, -0.15) is 0 Å². The van der Waals surface area contributed by atoms with E-state index in [2.05, 4.69) is 0 Å². The predicted octanol–water partition coefficient (Wildman–Crippen LogP) is -1.05. The third-order valence-corrected chi connectivity index (χ3v) is 1.63. The van der Waals surface area contributed by atoms with Crippen molar-refractivity contribution < 1.29 is 10.0 Å². The van der Waals surface area contributed by atoms with Crippen LogP contribution in [0.1, 0.15) is 12.8 Å². The monoisotopic (exact) mass is 115 g/mol. The molecule has 1 fully saturated rings. The lowest BCUT2D eigenvalue weighted by Crippen LogP contribution is -2.40. The molecule has 3 nitrogen and oxygen atoms in total. The molecule has 46 valence electrons. The molecular formula is C4H10BNO2. The molecule has 1 aliphatic rings. The van der Waals surface area contributed by atoms with Crippen LogP contribution in [-0.2, 0) is 0 Å². The van der Waals surface area contributed by atoms with E-state index in [9.17, 15) is 0 Å². The SMILES string of the molecule is NC1CC(B(O)O)C1. The highest BCUT2D eigenvalue weighted by Gasteiger charge is 2.34. The van der Waals surface area contributed by atoms with E-state index in [0.717, 1.165) is 12.8 Å². The summed E-state index contributed by atoms with van der Waals surface area (Å²) in [4.78, 5) is 0. The smallest absolute Gasteiger partial charge is 0.427 e. The minimum atomic E-state index is -1.14. The molecule has 1 rings (SSSR count). The lowest BCUT2D eigenvalue weighted by atomic mass is 9.59. The average Bonchev–Trinajstić information content (AvgIpc) is 1.57. The van der Waals surface area contributed by atoms with Crippen molar-refractivity contribution in [2.45, 2.75) is 24.7 Å². The second-order valence-corrected chi connectivity index (χ2v) is 2.41. The Morgan fingerprint density at radius 2 is 1.88 bits per heavy atom. The first-order valence-corrected chi connectivity index (χ1v) is 2.82. The first-order chi connectivity index (χ1) is 3.70. The molecule has 0 aromatic heterocycles. The van der Waals surface area contributed by atoms with E-state index in [1.807, 2.05) is 0 Å². The van der Waals surface area contributed by atoms with Crippen molar-refractivity contribution in [3.05, 3.63) is 0 Å². The molecule has 1 saturated carbocycles. The van der Waals surface area contributed by atoms with Crippen LogP contribution in [-0.4, -0.2) is 23.2 Å². The highest BCUT2D eigenvalue weighted by molar-refractivity contribution is 6.43. The summed E-state index contributed by atoms with van der Waals surface area (Å²) in [5.74, 6) is 0.0463. The fraction of sp³-hybridized carbons (Fsp3) is 1.00. The number of nitrogens with two attached hydrogens (primary N) is 1. The second-order valence-electron chi connectivity index (χ2n) is 2.41. The van der Waals surface area contributed by atoms with Crippen LogP contribution in [0.25, 0.3) is 0 Å². The van der Waals surface area contributed by atoms with Gasteiger partial charge in [0.25, 0.3) is 0 Å². The second kappa shape index (κ2) is 2.05. The van der Waals surface area contributed by atoms with E-state index in [1.165, 1.54) is 0 Å². The van der Waals surface area contributed by atoms with Gasteiger partial charge in [0.15, 0.2) is 0 Å². The van der Waals surface area contributed by atoms with Crippen molar-refractivity contribution in [3.8, 4) is 0 Å². The van der Waals surface area contributed by atoms with Crippen molar-refractivity contribution in [1.29, 1.82) is 0 Å². The Bertz CT molecular complexity index is 82.1. The zero-order valence-corrected chi connectivity index (χ0v) is 4.62. The first-order valence-electron chi connectivity index (χ1n) is 2.82. The molecule has 0 amide bonds. The molecule has 0 aromatic carbocycles. The Kier molecular flexibility index (Phi) is 1.55. The van der Waals surface area contributed by atoms with Gasteiger partial charge in [-0.05, 0) is 18.7 Å². The standard InChI is InChI=1S/C4H10BNO2/c6-4-1-3(2-4)5(7)8/h3-4,7-8H,1-2,6H2. The molecule has 4 heteroatoms. The van der Waals surface area contributed by atoms with Crippen LogP contribution in [0.3, 0.4) is 0 Å². The molecule has 0 radical (unpaired) electrons. The van der Waals surface area contributed by atoms with E-state index < -0.39 is 7.12 Å². The van der Waals surface area contributed by atoms with Crippen LogP contribution >= 0.6 is 0 Å². The number of hydrogen-bond acceptors (Lipinski definition) is 3. The van der Waals surface area contributed by atoms with E-state index in [4.69, 9.17) is 15.8 Å². The van der Waals surface area contributed by atoms with E-state index in [-0.39, 0.29) is 11.9 Å². The van der Waals surface area contributed by atoms with Crippen molar-refractivity contribution in [1.82, 2.24) is 0 Å². The number of hydrogen-bond donors (Lipinski definition) is 3. The van der Waals surface area contributed by atoms with Gasteiger partial charge in [-0.25, -0.2) is 0 Å². The van der Waals surface area contributed by atoms with E-state index in [1.54, 1.807) is 0 Å². The Balaban J connectivity index is 2.15. The maximum atomic E-state index is 8.49. The third kappa shape index (κ3) is 1.02. The van der Waals surface area contributed by atoms with Gasteiger partial charge >= 0.3 is 7.12 Å². The average molecular weight is 115 g/mol. The molecule has 8 heavy (non-hydrogen) atoms. The fourth-order valence-electron chi connectivity index (χ4n) is 0.952. The largest absolute Gasteiger partial charge is 0.454 e. The maximum Gasteiger partial charge on any atom is 0.454 e. The van der Waals surface area contributed by atoms with Crippen LogP contribution in [0, 0.1) is 0 Å². The normalized spacial score (nSPS) is 36.4. The summed E-state index contributed by atoms with van der Waals surface area (Å²) in [6, 6.07) is 0.210. The predicted molar refractivity (Wildman–Crippen MR) is 31.2 cm³/mol. The van der Waals surface area contributed by atoms with Crippen molar-refractivity contribution in [3.63, 3.8) is 0 Å². The summed E-state index contributed by atoms with van der Waals surface area (Å²) >= 11 is 0. The van der Waals surface area contributed by atoms with Crippen LogP contribution in [0.5, 0.6) is 0 Å². The third-order valence-electron chi connectivity index (χ3n) is 1.63. The lowest BCUT2D eigenvalue weighted by molar-refractivity contribution is 0.310. The van der Waals surface area contributed by atoms with Gasteiger partial charge in [-0.3, -0.25) is 0 Å². The zero-order valence-electron chi connectivity index (χ0n) is 4.62. The van der Waals surface area contributed by atoms with Gasteiger partial charge < -0.3 is 15.8 Å². The van der Waals surface area contributed by atoms with Crippen LogP contribution in [0.2, 0.25) is 5.82 Å². The van der Waals surface area contributed by atoms with E-state index in [0.29, 0.717) is 0 Å². The maximum absolute atomic E-state index is 8.49. The van der Waals surface area contributed by atoms with Gasteiger partial charge in [0, 0.05) is 6.04 Å². The quantitative estimate of drug-likeness (QED) is 0.382. The Morgan fingerprint density at radius 3 is 2.00 bits per heavy atom. The minimum Gasteiger partial charge on any atom is -0.427 e. The van der Waals surface area contributed by atoms with Gasteiger partial charge in [-0.15, -0.1) is 0 Å². The topological polar surface area (TPSA) is 66.5 Å². The van der Waals surface area contributed by atoms with Crippen LogP contribution in [0.15, 0.2) is 0 Å². The summed E-state index contributed by atoms with van der Waals surface area (Å²) in [7, 11) is -1.14. The summed E-state index contributed by atoms with van der Waals surface area (Å²) in [6.07, 6.45) is 1.52. The van der Waals surface area contributed by atoms with Crippen molar-refractivity contribution in [2.75, 3.05) is 0 Å². The van der Waals surface area contributed by atoms with Gasteiger partial charge in [0.05, 0.1) is 0 Å². The van der Waals surface area contributed by atoms with E-state index >= 15 is 0 Å². The summed E-state index contributed by atoms with van der Waals surface area (Å²) in [5, 5.41) is 17.0. The van der Waals surface area contributed by atoms with Crippen molar-refractivity contribution >= 4 is 7.12 Å². The molecule has 0 heterocycles. The molecule has 0 bridgehead atoms. The fourth-order valence-corrected chi connectivity index (χ4v) is 0.952. The Morgan fingerprint density at radius 1 is 1.38 bits per heavy atom. The molecule has 0 aromatic rings. The van der Waals surface area contributed by atoms with Gasteiger partial charge in [0.1, 0.15) is 0 Å². The number of rotatable bonds is 1. The molecule has 0 atom stereocenters. The molecule has 1 aliphatic carbocycles. The Labute approximate surface area is 48.6 Å². The molecule has 0 aliphatic heterocycles. The van der Waals surface area contributed by atoms with Gasteiger partial charge in [0.2, 0.25) is 0 Å². The first kappa shape index (κ1) is 6.07. The zero-order chi connectivity index (χ0) is 6.15. The molecule has 4 N–H and O–H groups in total. The summed E-state index contributed by atoms with van der Waals surface area (Å²) in [6.45, 7) is 0. The molecule has 0 saturated heterocycles. The van der Waals surface area contributed by atoms with Crippen LogP contribution in [0.4, 0.5) is 0 Å². The summed E-state index contributed by atoms with van der Waals surface area (Å²) < 4.78 is 0. The van der Waals surface area contributed by atoms with Crippen LogP contribution < -0.4 is 5.73 Å². The van der Waals surface area contributed by atoms with Gasteiger partial charge in [-0.1, -0.05) is 0 Å². The Hall–Kier alpha value is -0.0551. The van der Waals surface area contributed by atoms with Crippen molar-refractivity contribution in [2.24, 2.45) is 5.73 Å². The highest BCUT2D eigenvalue weighted by atomic mass is 16.4. The lowest BCUT2D eigenvalue weighted by Gasteiger charge is -2.31. The molecule has 0 spiro atoms. The highest BCUT2D eigenvalue weighted by Crippen LogP contribution is 2.32. The summed E-state index contributed by atoms with van der Waals surface area (Å²) in [5.41, 5.74) is 5.38. The molecule has 0 unspecified atom stereocenters. The minimum absolute atomic E-state index is 0.0463. The molecular weight excluding hydrogens is 105 g/mol.